The first-order chi connectivity index (χ1) is 11.3. The molecule has 0 unspecified atom stereocenters. The van der Waals surface area contributed by atoms with Gasteiger partial charge in [-0.2, -0.15) is 0 Å². The minimum absolute atomic E-state index is 0.704. The molecule has 0 atom stereocenters. The van der Waals surface area contributed by atoms with Crippen LogP contribution in [0.1, 0.15) is 23.8 Å². The summed E-state index contributed by atoms with van der Waals surface area (Å²) in [6.45, 7) is 5.63. The molecule has 1 aromatic carbocycles. The number of aromatic amines is 2. The molecule has 0 radical (unpaired) electrons. The fraction of sp³-hybridized carbons (Fsp3) is 0.389. The highest BCUT2D eigenvalue weighted by atomic mass is 32.1. The lowest BCUT2D eigenvalue weighted by molar-refractivity contribution is 0.282. The molecule has 2 N–H and O–H groups in total. The van der Waals surface area contributed by atoms with Crippen molar-refractivity contribution in [2.24, 2.45) is 0 Å². The highest BCUT2D eigenvalue weighted by Crippen LogP contribution is 2.17. The van der Waals surface area contributed by atoms with Crippen molar-refractivity contribution in [3.05, 3.63) is 50.9 Å². The van der Waals surface area contributed by atoms with Crippen LogP contribution in [-0.4, -0.2) is 34.5 Å². The SMILES string of the molecule is CCCN(CCc1cccs1)CCc1cccc2[nH]c(=S)[nH]c12. The van der Waals surface area contributed by atoms with Gasteiger partial charge in [-0.3, -0.25) is 0 Å². The molecule has 0 aliphatic carbocycles. The number of aromatic nitrogens is 2. The molecule has 3 aromatic rings. The Morgan fingerprint density at radius 3 is 2.70 bits per heavy atom. The summed E-state index contributed by atoms with van der Waals surface area (Å²) in [5, 5.41) is 2.16. The van der Waals surface area contributed by atoms with E-state index >= 15 is 0 Å². The zero-order chi connectivity index (χ0) is 16.1. The molecule has 0 fully saturated rings. The Balaban J connectivity index is 1.64. The summed E-state index contributed by atoms with van der Waals surface area (Å²) in [4.78, 5) is 10.5. The van der Waals surface area contributed by atoms with E-state index in [1.807, 2.05) is 11.3 Å². The summed E-state index contributed by atoms with van der Waals surface area (Å²) in [7, 11) is 0. The Kier molecular flexibility index (Phi) is 5.65. The highest BCUT2D eigenvalue weighted by molar-refractivity contribution is 7.71. The van der Waals surface area contributed by atoms with E-state index in [9.17, 15) is 0 Å². The van der Waals surface area contributed by atoms with Crippen LogP contribution in [0.3, 0.4) is 0 Å². The van der Waals surface area contributed by atoms with Gasteiger partial charge < -0.3 is 14.9 Å². The van der Waals surface area contributed by atoms with Crippen molar-refractivity contribution in [2.45, 2.75) is 26.2 Å². The van der Waals surface area contributed by atoms with Crippen LogP contribution in [0.4, 0.5) is 0 Å². The summed E-state index contributed by atoms with van der Waals surface area (Å²) in [6.07, 6.45) is 3.39. The van der Waals surface area contributed by atoms with E-state index in [1.165, 1.54) is 16.9 Å². The standard InChI is InChI=1S/C18H23N3S2/c1-2-10-21(12-9-15-6-4-13-23-15)11-8-14-5-3-7-16-17(14)20-18(22)19-16/h3-7,13H,2,8-12H2,1H3,(H2,19,20,22). The third-order valence-corrected chi connectivity index (χ3v) is 5.27. The molecule has 3 nitrogen and oxygen atoms in total. The second kappa shape index (κ2) is 7.90. The van der Waals surface area contributed by atoms with Crippen LogP contribution in [0.2, 0.25) is 0 Å². The molecule has 5 heteroatoms. The van der Waals surface area contributed by atoms with Crippen LogP contribution in [0, 0.1) is 4.77 Å². The van der Waals surface area contributed by atoms with Gasteiger partial charge in [0.05, 0.1) is 11.0 Å². The van der Waals surface area contributed by atoms with E-state index in [-0.39, 0.29) is 0 Å². The van der Waals surface area contributed by atoms with Gasteiger partial charge in [0.1, 0.15) is 0 Å². The molecule has 0 amide bonds. The van der Waals surface area contributed by atoms with Crippen LogP contribution >= 0.6 is 23.6 Å². The van der Waals surface area contributed by atoms with Gasteiger partial charge >= 0.3 is 0 Å². The molecular formula is C18H23N3S2. The second-order valence-electron chi connectivity index (χ2n) is 5.84. The number of imidazole rings is 1. The average Bonchev–Trinajstić information content (AvgIpc) is 3.18. The molecule has 0 spiro atoms. The van der Waals surface area contributed by atoms with Gasteiger partial charge in [-0.1, -0.05) is 25.1 Å². The number of nitrogens with zero attached hydrogens (tertiary/aromatic N) is 1. The molecule has 122 valence electrons. The van der Waals surface area contributed by atoms with Gasteiger partial charge in [0.15, 0.2) is 4.77 Å². The summed E-state index contributed by atoms with van der Waals surface area (Å²) >= 11 is 7.07. The zero-order valence-electron chi connectivity index (χ0n) is 13.5. The van der Waals surface area contributed by atoms with E-state index in [2.05, 4.69) is 57.5 Å². The van der Waals surface area contributed by atoms with E-state index in [0.717, 1.165) is 43.5 Å². The topological polar surface area (TPSA) is 34.8 Å². The van der Waals surface area contributed by atoms with Crippen molar-refractivity contribution in [1.29, 1.82) is 0 Å². The fourth-order valence-electron chi connectivity index (χ4n) is 2.98. The number of para-hydroxylation sites is 1. The van der Waals surface area contributed by atoms with Crippen LogP contribution in [0.25, 0.3) is 11.0 Å². The maximum Gasteiger partial charge on any atom is 0.175 e. The number of fused-ring (bicyclic) bond motifs is 1. The van der Waals surface area contributed by atoms with Crippen molar-refractivity contribution in [2.75, 3.05) is 19.6 Å². The molecule has 0 aliphatic heterocycles. The average molecular weight is 346 g/mol. The number of H-pyrrole nitrogens is 2. The third-order valence-electron chi connectivity index (χ3n) is 4.13. The van der Waals surface area contributed by atoms with Gasteiger partial charge in [-0.15, -0.1) is 11.3 Å². The number of thiophene rings is 1. The first kappa shape index (κ1) is 16.4. The van der Waals surface area contributed by atoms with Crippen molar-refractivity contribution in [3.63, 3.8) is 0 Å². The van der Waals surface area contributed by atoms with E-state index in [4.69, 9.17) is 12.2 Å². The monoisotopic (exact) mass is 345 g/mol. The lowest BCUT2D eigenvalue weighted by atomic mass is 10.1. The van der Waals surface area contributed by atoms with Gasteiger partial charge in [-0.25, -0.2) is 0 Å². The van der Waals surface area contributed by atoms with Crippen LogP contribution in [0.5, 0.6) is 0 Å². The van der Waals surface area contributed by atoms with E-state index in [0.29, 0.717) is 4.77 Å². The lowest BCUT2D eigenvalue weighted by Gasteiger charge is -2.21. The zero-order valence-corrected chi connectivity index (χ0v) is 15.1. The van der Waals surface area contributed by atoms with Gasteiger partial charge in [0, 0.05) is 18.0 Å². The Morgan fingerprint density at radius 1 is 1.04 bits per heavy atom. The fourth-order valence-corrected chi connectivity index (χ4v) is 3.89. The predicted molar refractivity (Wildman–Crippen MR) is 102 cm³/mol. The molecule has 2 heterocycles. The van der Waals surface area contributed by atoms with E-state index < -0.39 is 0 Å². The number of benzene rings is 1. The Hall–Kier alpha value is -1.43. The van der Waals surface area contributed by atoms with E-state index in [1.54, 1.807) is 0 Å². The highest BCUT2D eigenvalue weighted by Gasteiger charge is 2.08. The molecule has 0 aliphatic rings. The van der Waals surface area contributed by atoms with Crippen molar-refractivity contribution in [3.8, 4) is 0 Å². The first-order valence-electron chi connectivity index (χ1n) is 8.21. The molecule has 0 bridgehead atoms. The Bertz CT molecular complexity index is 786. The molecule has 0 saturated heterocycles. The quantitative estimate of drug-likeness (QED) is 0.576. The van der Waals surface area contributed by atoms with Crippen molar-refractivity contribution >= 4 is 34.6 Å². The summed E-state index contributed by atoms with van der Waals surface area (Å²) in [5.41, 5.74) is 3.60. The predicted octanol–water partition coefficient (Wildman–Crippen LogP) is 4.78. The number of rotatable bonds is 8. The normalized spacial score (nSPS) is 11.6. The number of hydrogen-bond donors (Lipinski definition) is 2. The maximum atomic E-state index is 5.22. The number of hydrogen-bond acceptors (Lipinski definition) is 3. The van der Waals surface area contributed by atoms with Crippen LogP contribution in [-0.2, 0) is 12.8 Å². The minimum Gasteiger partial charge on any atom is -0.331 e. The van der Waals surface area contributed by atoms with Crippen molar-refractivity contribution < 1.29 is 0 Å². The van der Waals surface area contributed by atoms with Gasteiger partial charge in [0.25, 0.3) is 0 Å². The number of nitrogens with one attached hydrogen (secondary N) is 2. The maximum absolute atomic E-state index is 5.22. The molecule has 2 aromatic heterocycles. The molecule has 0 saturated carbocycles. The first-order valence-corrected chi connectivity index (χ1v) is 9.49. The Morgan fingerprint density at radius 2 is 1.91 bits per heavy atom. The Labute approximate surface area is 146 Å². The second-order valence-corrected chi connectivity index (χ2v) is 7.28. The summed E-state index contributed by atoms with van der Waals surface area (Å²) in [6, 6.07) is 10.7. The van der Waals surface area contributed by atoms with Crippen molar-refractivity contribution in [1.82, 2.24) is 14.9 Å². The van der Waals surface area contributed by atoms with Crippen LogP contribution < -0.4 is 0 Å². The molecular weight excluding hydrogens is 322 g/mol. The van der Waals surface area contributed by atoms with Gasteiger partial charge in [-0.05, 0) is 61.1 Å². The minimum atomic E-state index is 0.704. The van der Waals surface area contributed by atoms with Gasteiger partial charge in [0.2, 0.25) is 0 Å². The molecule has 3 rings (SSSR count). The third kappa shape index (κ3) is 4.31. The summed E-state index contributed by atoms with van der Waals surface area (Å²) in [5.74, 6) is 0. The smallest absolute Gasteiger partial charge is 0.175 e. The lowest BCUT2D eigenvalue weighted by Crippen LogP contribution is -2.29. The van der Waals surface area contributed by atoms with Crippen LogP contribution in [0.15, 0.2) is 35.7 Å². The largest absolute Gasteiger partial charge is 0.331 e. The molecule has 23 heavy (non-hydrogen) atoms. The summed E-state index contributed by atoms with van der Waals surface area (Å²) < 4.78 is 0.704.